The average molecular weight is 315 g/mol. The third-order valence-electron chi connectivity index (χ3n) is 2.33. The highest BCUT2D eigenvalue weighted by Crippen LogP contribution is 2.13. The SMILES string of the molecule is S=C(NCCn1cc(Cl)cn1)Nc1ccc(Cl)cc1. The molecule has 2 rings (SSSR count). The largest absolute Gasteiger partial charge is 0.361 e. The van der Waals surface area contributed by atoms with Gasteiger partial charge in [-0.1, -0.05) is 23.2 Å². The topological polar surface area (TPSA) is 41.9 Å². The lowest BCUT2D eigenvalue weighted by Crippen LogP contribution is -2.31. The Labute approximate surface area is 126 Å². The van der Waals surface area contributed by atoms with Crippen LogP contribution in [0.4, 0.5) is 5.69 Å². The Kier molecular flexibility index (Phi) is 5.01. The van der Waals surface area contributed by atoms with E-state index in [1.165, 1.54) is 0 Å². The molecule has 1 aromatic carbocycles. The van der Waals surface area contributed by atoms with Gasteiger partial charge in [-0.25, -0.2) is 0 Å². The van der Waals surface area contributed by atoms with Gasteiger partial charge in [0.05, 0.1) is 17.8 Å². The van der Waals surface area contributed by atoms with E-state index in [1.807, 2.05) is 12.1 Å². The van der Waals surface area contributed by atoms with Gasteiger partial charge in [0.25, 0.3) is 0 Å². The van der Waals surface area contributed by atoms with Crippen LogP contribution in [0.25, 0.3) is 0 Å². The number of anilines is 1. The second kappa shape index (κ2) is 6.75. The van der Waals surface area contributed by atoms with Gasteiger partial charge in [-0.15, -0.1) is 0 Å². The molecule has 19 heavy (non-hydrogen) atoms. The summed E-state index contributed by atoms with van der Waals surface area (Å²) < 4.78 is 1.75. The van der Waals surface area contributed by atoms with E-state index in [9.17, 15) is 0 Å². The summed E-state index contributed by atoms with van der Waals surface area (Å²) in [6.07, 6.45) is 3.37. The first-order chi connectivity index (χ1) is 9.13. The molecule has 100 valence electrons. The molecule has 2 N–H and O–H groups in total. The van der Waals surface area contributed by atoms with E-state index in [-0.39, 0.29) is 0 Å². The summed E-state index contributed by atoms with van der Waals surface area (Å²) in [7, 11) is 0. The van der Waals surface area contributed by atoms with Crippen molar-refractivity contribution in [2.75, 3.05) is 11.9 Å². The van der Waals surface area contributed by atoms with Crippen LogP contribution in [0.2, 0.25) is 10.0 Å². The standard InChI is InChI=1S/C12H12Cl2N4S/c13-9-1-3-11(4-2-9)17-12(19)15-5-6-18-8-10(14)7-16-18/h1-4,7-8H,5-6H2,(H2,15,17,19). The molecule has 7 heteroatoms. The number of aromatic nitrogens is 2. The lowest BCUT2D eigenvalue weighted by Gasteiger charge is -2.10. The Morgan fingerprint density at radius 3 is 2.58 bits per heavy atom. The lowest BCUT2D eigenvalue weighted by atomic mass is 10.3. The molecule has 0 unspecified atom stereocenters. The van der Waals surface area contributed by atoms with Crippen molar-refractivity contribution in [2.45, 2.75) is 6.54 Å². The molecule has 0 aliphatic carbocycles. The molecule has 0 radical (unpaired) electrons. The Morgan fingerprint density at radius 1 is 1.21 bits per heavy atom. The van der Waals surface area contributed by atoms with Crippen LogP contribution in [-0.4, -0.2) is 21.4 Å². The average Bonchev–Trinajstić information content (AvgIpc) is 2.78. The monoisotopic (exact) mass is 314 g/mol. The van der Waals surface area contributed by atoms with Gasteiger partial charge < -0.3 is 10.6 Å². The van der Waals surface area contributed by atoms with Crippen molar-refractivity contribution in [1.82, 2.24) is 15.1 Å². The normalized spacial score (nSPS) is 10.2. The predicted molar refractivity (Wildman–Crippen MR) is 82.9 cm³/mol. The van der Waals surface area contributed by atoms with Gasteiger partial charge in [-0.3, -0.25) is 4.68 Å². The molecule has 2 aromatic rings. The first-order valence-electron chi connectivity index (χ1n) is 5.62. The summed E-state index contributed by atoms with van der Waals surface area (Å²) in [4.78, 5) is 0. The molecule has 0 atom stereocenters. The minimum atomic E-state index is 0.556. The van der Waals surface area contributed by atoms with Crippen molar-refractivity contribution < 1.29 is 0 Å². The number of hydrogen-bond donors (Lipinski definition) is 2. The van der Waals surface area contributed by atoms with E-state index < -0.39 is 0 Å². The number of thiocarbonyl (C=S) groups is 1. The van der Waals surface area contributed by atoms with Crippen molar-refractivity contribution in [2.24, 2.45) is 0 Å². The third kappa shape index (κ3) is 4.70. The highest BCUT2D eigenvalue weighted by atomic mass is 35.5. The predicted octanol–water partition coefficient (Wildman–Crippen LogP) is 3.18. The van der Waals surface area contributed by atoms with Crippen LogP contribution in [0.1, 0.15) is 0 Å². The van der Waals surface area contributed by atoms with E-state index in [2.05, 4.69) is 15.7 Å². The molecule has 0 saturated carbocycles. The van der Waals surface area contributed by atoms with E-state index in [0.717, 1.165) is 5.69 Å². The number of nitrogens with one attached hydrogen (secondary N) is 2. The number of rotatable bonds is 4. The van der Waals surface area contributed by atoms with E-state index in [0.29, 0.717) is 28.2 Å². The number of halogens is 2. The molecule has 1 aromatic heterocycles. The van der Waals surface area contributed by atoms with E-state index in [4.69, 9.17) is 35.4 Å². The van der Waals surface area contributed by atoms with Crippen molar-refractivity contribution in [3.05, 3.63) is 46.7 Å². The van der Waals surface area contributed by atoms with Gasteiger partial charge in [0.1, 0.15) is 0 Å². The van der Waals surface area contributed by atoms with Crippen LogP contribution in [-0.2, 0) is 6.54 Å². The van der Waals surface area contributed by atoms with Crippen LogP contribution >= 0.6 is 35.4 Å². The van der Waals surface area contributed by atoms with Crippen LogP contribution in [0.5, 0.6) is 0 Å². The van der Waals surface area contributed by atoms with Crippen molar-refractivity contribution in [3.8, 4) is 0 Å². The molecule has 4 nitrogen and oxygen atoms in total. The quantitative estimate of drug-likeness (QED) is 0.851. The molecule has 0 saturated heterocycles. The van der Waals surface area contributed by atoms with Crippen molar-refractivity contribution in [3.63, 3.8) is 0 Å². The van der Waals surface area contributed by atoms with Gasteiger partial charge in [-0.2, -0.15) is 5.10 Å². The maximum Gasteiger partial charge on any atom is 0.170 e. The minimum absolute atomic E-state index is 0.556. The summed E-state index contributed by atoms with van der Waals surface area (Å²) in [6, 6.07) is 7.34. The smallest absolute Gasteiger partial charge is 0.170 e. The second-order valence-electron chi connectivity index (χ2n) is 3.81. The Bertz CT molecular complexity index is 553. The van der Waals surface area contributed by atoms with Gasteiger partial charge >= 0.3 is 0 Å². The zero-order valence-corrected chi connectivity index (χ0v) is 12.3. The highest BCUT2D eigenvalue weighted by Gasteiger charge is 1.99. The fourth-order valence-corrected chi connectivity index (χ4v) is 1.96. The number of benzene rings is 1. The van der Waals surface area contributed by atoms with Crippen LogP contribution in [0, 0.1) is 0 Å². The molecule has 0 aliphatic rings. The third-order valence-corrected chi connectivity index (χ3v) is 3.02. The van der Waals surface area contributed by atoms with E-state index >= 15 is 0 Å². The summed E-state index contributed by atoms with van der Waals surface area (Å²) in [5.74, 6) is 0. The summed E-state index contributed by atoms with van der Waals surface area (Å²) in [6.45, 7) is 1.35. The second-order valence-corrected chi connectivity index (χ2v) is 5.09. The first kappa shape index (κ1) is 14.1. The fourth-order valence-electron chi connectivity index (χ4n) is 1.45. The van der Waals surface area contributed by atoms with Crippen molar-refractivity contribution >= 4 is 46.2 Å². The summed E-state index contributed by atoms with van der Waals surface area (Å²) in [5.41, 5.74) is 0.893. The molecular weight excluding hydrogens is 303 g/mol. The van der Waals surface area contributed by atoms with Crippen LogP contribution in [0.15, 0.2) is 36.7 Å². The lowest BCUT2D eigenvalue weighted by molar-refractivity contribution is 0.604. The van der Waals surface area contributed by atoms with Gasteiger partial charge in [0.15, 0.2) is 5.11 Å². The fraction of sp³-hybridized carbons (Fsp3) is 0.167. The molecule has 0 aliphatic heterocycles. The van der Waals surface area contributed by atoms with E-state index in [1.54, 1.807) is 29.2 Å². The van der Waals surface area contributed by atoms with Gasteiger partial charge in [0, 0.05) is 23.5 Å². The zero-order valence-electron chi connectivity index (χ0n) is 9.94. The molecule has 0 amide bonds. The maximum atomic E-state index is 5.80. The summed E-state index contributed by atoms with van der Waals surface area (Å²) in [5, 5.41) is 12.1. The molecule has 0 bridgehead atoms. The first-order valence-corrected chi connectivity index (χ1v) is 6.78. The van der Waals surface area contributed by atoms with Gasteiger partial charge in [0.2, 0.25) is 0 Å². The van der Waals surface area contributed by atoms with Crippen LogP contribution in [0.3, 0.4) is 0 Å². The zero-order chi connectivity index (χ0) is 13.7. The number of hydrogen-bond acceptors (Lipinski definition) is 2. The maximum absolute atomic E-state index is 5.80. The highest BCUT2D eigenvalue weighted by molar-refractivity contribution is 7.80. The summed E-state index contributed by atoms with van der Waals surface area (Å²) >= 11 is 16.8. The van der Waals surface area contributed by atoms with Crippen LogP contribution < -0.4 is 10.6 Å². The Hall–Kier alpha value is -1.30. The van der Waals surface area contributed by atoms with Crippen molar-refractivity contribution in [1.29, 1.82) is 0 Å². The minimum Gasteiger partial charge on any atom is -0.361 e. The van der Waals surface area contributed by atoms with Gasteiger partial charge in [-0.05, 0) is 36.5 Å². The Morgan fingerprint density at radius 2 is 1.95 bits per heavy atom. The molecule has 1 heterocycles. The molecule has 0 fully saturated rings. The number of nitrogens with zero attached hydrogens (tertiary/aromatic N) is 2. The molecule has 0 spiro atoms. The molecular formula is C12H12Cl2N4S. The Balaban J connectivity index is 1.74.